The summed E-state index contributed by atoms with van der Waals surface area (Å²) in [5, 5.41) is 14.7. The molecule has 0 aliphatic heterocycles. The Bertz CT molecular complexity index is 725. The van der Waals surface area contributed by atoms with Gasteiger partial charge < -0.3 is 15.2 Å². The summed E-state index contributed by atoms with van der Waals surface area (Å²) in [4.78, 5) is 18.1. The van der Waals surface area contributed by atoms with Crippen LogP contribution in [0.5, 0.6) is 5.75 Å². The number of aliphatic hydroxyl groups excluding tert-OH is 1. The van der Waals surface area contributed by atoms with E-state index in [2.05, 4.69) is 17.2 Å². The van der Waals surface area contributed by atoms with Crippen LogP contribution in [0.25, 0.3) is 0 Å². The number of amides is 1. The molecule has 0 unspecified atom stereocenters. The number of thiophene rings is 1. The highest BCUT2D eigenvalue weighted by Gasteiger charge is 2.36. The summed E-state index contributed by atoms with van der Waals surface area (Å²) in [6.45, 7) is 2.13. The fourth-order valence-electron chi connectivity index (χ4n) is 3.19. The van der Waals surface area contributed by atoms with Gasteiger partial charge in [0.05, 0.1) is 31.0 Å². The van der Waals surface area contributed by atoms with E-state index in [4.69, 9.17) is 4.74 Å². The van der Waals surface area contributed by atoms with E-state index in [1.165, 1.54) is 4.88 Å². The van der Waals surface area contributed by atoms with Crippen molar-refractivity contribution in [3.05, 3.63) is 45.9 Å². The molecule has 5 nitrogen and oxygen atoms in total. The number of hydrogen-bond donors (Lipinski definition) is 2. The van der Waals surface area contributed by atoms with Gasteiger partial charge in [-0.2, -0.15) is 0 Å². The van der Waals surface area contributed by atoms with E-state index in [9.17, 15) is 9.90 Å². The molecule has 134 valence electrons. The third-order valence-electron chi connectivity index (χ3n) is 4.65. The van der Waals surface area contributed by atoms with Crippen molar-refractivity contribution >= 4 is 17.2 Å². The molecule has 1 fully saturated rings. The molecule has 2 heterocycles. The highest BCUT2D eigenvalue weighted by Crippen LogP contribution is 2.38. The van der Waals surface area contributed by atoms with Crippen molar-refractivity contribution in [1.82, 2.24) is 10.3 Å². The molecular formula is C19H24N2O3S. The molecule has 1 aliphatic carbocycles. The summed E-state index contributed by atoms with van der Waals surface area (Å²) >= 11 is 1.63. The van der Waals surface area contributed by atoms with Crippen molar-refractivity contribution in [3.8, 4) is 5.75 Å². The Labute approximate surface area is 152 Å². The first-order valence-corrected chi connectivity index (χ1v) is 9.54. The second kappa shape index (κ2) is 7.97. The van der Waals surface area contributed by atoms with Gasteiger partial charge in [0.15, 0.2) is 0 Å². The average Bonchev–Trinajstić information content (AvgIpc) is 3.06. The molecule has 0 radical (unpaired) electrons. The van der Waals surface area contributed by atoms with Crippen molar-refractivity contribution in [2.45, 2.75) is 44.8 Å². The van der Waals surface area contributed by atoms with Gasteiger partial charge in [-0.05, 0) is 42.9 Å². The zero-order chi connectivity index (χ0) is 17.8. The van der Waals surface area contributed by atoms with Crippen LogP contribution in [0.3, 0.4) is 0 Å². The fraction of sp³-hybridized carbons (Fsp3) is 0.474. The molecule has 0 spiro atoms. The molecule has 0 bridgehead atoms. The van der Waals surface area contributed by atoms with Gasteiger partial charge in [-0.25, -0.2) is 0 Å². The van der Waals surface area contributed by atoms with Crippen molar-refractivity contribution in [1.29, 1.82) is 0 Å². The lowest BCUT2D eigenvalue weighted by Gasteiger charge is -2.38. The van der Waals surface area contributed by atoms with E-state index >= 15 is 0 Å². The number of aliphatic hydroxyl groups is 1. The molecule has 1 amide bonds. The van der Waals surface area contributed by atoms with Crippen LogP contribution in [0.1, 0.15) is 53.0 Å². The largest absolute Gasteiger partial charge is 0.495 e. The zero-order valence-electron chi connectivity index (χ0n) is 14.6. The molecule has 0 saturated heterocycles. The Morgan fingerprint density at radius 1 is 1.44 bits per heavy atom. The SMILES string of the molecule is CCCc1cc(C(=O)N[C@H](c2cncc(OC)c2)C2CC(O)C2)cs1. The number of carbonyl (C=O) groups is 1. The third-order valence-corrected chi connectivity index (χ3v) is 5.65. The molecule has 6 heteroatoms. The number of aryl methyl sites for hydroxylation is 1. The molecule has 2 aromatic heterocycles. The van der Waals surface area contributed by atoms with Gasteiger partial charge in [0.1, 0.15) is 5.75 Å². The summed E-state index contributed by atoms with van der Waals surface area (Å²) in [6, 6.07) is 3.70. The Hall–Kier alpha value is -1.92. The van der Waals surface area contributed by atoms with Crippen LogP contribution >= 0.6 is 11.3 Å². The average molecular weight is 360 g/mol. The van der Waals surface area contributed by atoms with Gasteiger partial charge in [-0.3, -0.25) is 9.78 Å². The molecule has 2 N–H and O–H groups in total. The molecule has 2 aromatic rings. The van der Waals surface area contributed by atoms with E-state index in [1.807, 2.05) is 17.5 Å². The number of nitrogens with one attached hydrogen (secondary N) is 1. The van der Waals surface area contributed by atoms with Crippen molar-refractivity contribution in [3.63, 3.8) is 0 Å². The topological polar surface area (TPSA) is 71.5 Å². The Morgan fingerprint density at radius 2 is 2.24 bits per heavy atom. The van der Waals surface area contributed by atoms with Crippen molar-refractivity contribution < 1.29 is 14.6 Å². The van der Waals surface area contributed by atoms with Crippen LogP contribution in [-0.4, -0.2) is 29.2 Å². The minimum atomic E-state index is -0.278. The first-order chi connectivity index (χ1) is 12.1. The van der Waals surface area contributed by atoms with Crippen molar-refractivity contribution in [2.24, 2.45) is 5.92 Å². The van der Waals surface area contributed by atoms with Crippen LogP contribution < -0.4 is 10.1 Å². The second-order valence-corrected chi connectivity index (χ2v) is 7.54. The highest BCUT2D eigenvalue weighted by molar-refractivity contribution is 7.10. The van der Waals surface area contributed by atoms with Crippen LogP contribution in [0, 0.1) is 5.92 Å². The summed E-state index contributed by atoms with van der Waals surface area (Å²) in [5.74, 6) is 0.798. The number of ether oxygens (including phenoxy) is 1. The molecule has 25 heavy (non-hydrogen) atoms. The van der Waals surface area contributed by atoms with Gasteiger partial charge in [0.25, 0.3) is 5.91 Å². The molecule has 3 rings (SSSR count). The minimum absolute atomic E-state index is 0.0761. The summed E-state index contributed by atoms with van der Waals surface area (Å²) < 4.78 is 5.25. The lowest BCUT2D eigenvalue weighted by molar-refractivity contribution is 0.0234. The number of carbonyl (C=O) groups excluding carboxylic acids is 1. The lowest BCUT2D eigenvalue weighted by Crippen LogP contribution is -2.41. The standard InChI is InChI=1S/C19H24N2O3S/c1-3-4-17-8-14(11-25-17)19(23)21-18(12-5-15(22)6-12)13-7-16(24-2)10-20-9-13/h7-12,15,18,22H,3-6H2,1-2H3,(H,21,23)/t12?,15?,18-/m0/s1. The van der Waals surface area contributed by atoms with E-state index in [0.29, 0.717) is 24.2 Å². The second-order valence-electron chi connectivity index (χ2n) is 6.55. The van der Waals surface area contributed by atoms with Crippen molar-refractivity contribution in [2.75, 3.05) is 7.11 Å². The van der Waals surface area contributed by atoms with Gasteiger partial charge in [-0.15, -0.1) is 11.3 Å². The maximum Gasteiger partial charge on any atom is 0.252 e. The number of methoxy groups -OCH3 is 1. The quantitative estimate of drug-likeness (QED) is 0.794. The lowest BCUT2D eigenvalue weighted by atomic mass is 9.75. The Balaban J connectivity index is 1.78. The summed E-state index contributed by atoms with van der Waals surface area (Å²) in [5.41, 5.74) is 1.61. The van der Waals surface area contributed by atoms with Crippen LogP contribution in [0.15, 0.2) is 29.9 Å². The highest BCUT2D eigenvalue weighted by atomic mass is 32.1. The number of nitrogens with zero attached hydrogens (tertiary/aromatic N) is 1. The van der Waals surface area contributed by atoms with Gasteiger partial charge in [0.2, 0.25) is 0 Å². The first kappa shape index (κ1) is 17.9. The predicted octanol–water partition coefficient (Wildman–Crippen LogP) is 3.35. The normalized spacial score (nSPS) is 20.6. The Kier molecular flexibility index (Phi) is 5.71. The van der Waals surface area contributed by atoms with E-state index < -0.39 is 0 Å². The summed E-state index contributed by atoms with van der Waals surface area (Å²) in [6.07, 6.45) is 6.57. The van der Waals surface area contributed by atoms with Gasteiger partial charge >= 0.3 is 0 Å². The van der Waals surface area contributed by atoms with E-state index in [0.717, 1.165) is 18.4 Å². The van der Waals surface area contributed by atoms with Crippen LogP contribution in [0.4, 0.5) is 0 Å². The molecule has 1 atom stereocenters. The van der Waals surface area contributed by atoms with Gasteiger partial charge in [0, 0.05) is 16.5 Å². The molecule has 1 saturated carbocycles. The molecule has 1 aliphatic rings. The number of hydrogen-bond acceptors (Lipinski definition) is 5. The Morgan fingerprint density at radius 3 is 2.92 bits per heavy atom. The predicted molar refractivity (Wildman–Crippen MR) is 98.0 cm³/mol. The first-order valence-electron chi connectivity index (χ1n) is 8.66. The monoisotopic (exact) mass is 360 g/mol. The molecule has 0 aromatic carbocycles. The maximum atomic E-state index is 12.7. The number of rotatable bonds is 7. The number of aromatic nitrogens is 1. The third kappa shape index (κ3) is 4.19. The van der Waals surface area contributed by atoms with E-state index in [1.54, 1.807) is 30.8 Å². The smallest absolute Gasteiger partial charge is 0.252 e. The zero-order valence-corrected chi connectivity index (χ0v) is 15.4. The summed E-state index contributed by atoms with van der Waals surface area (Å²) in [7, 11) is 1.60. The van der Waals surface area contributed by atoms with Crippen LogP contribution in [0.2, 0.25) is 0 Å². The minimum Gasteiger partial charge on any atom is -0.495 e. The number of pyridine rings is 1. The maximum absolute atomic E-state index is 12.7. The fourth-order valence-corrected chi connectivity index (χ4v) is 4.16. The van der Waals surface area contributed by atoms with Crippen LogP contribution in [-0.2, 0) is 6.42 Å². The molecular weight excluding hydrogens is 336 g/mol. The van der Waals surface area contributed by atoms with Gasteiger partial charge in [-0.1, -0.05) is 13.3 Å². The van der Waals surface area contributed by atoms with E-state index in [-0.39, 0.29) is 24.0 Å².